The molecule has 5 heteroatoms. The van der Waals surface area contributed by atoms with E-state index in [1.165, 1.54) is 0 Å². The van der Waals surface area contributed by atoms with Crippen molar-refractivity contribution in [1.82, 2.24) is 20.2 Å². The molecule has 1 aromatic heterocycles. The van der Waals surface area contributed by atoms with E-state index in [-0.39, 0.29) is 11.9 Å². The monoisotopic (exact) mass is 238 g/mol. The second kappa shape index (κ2) is 6.39. The number of aryl methyl sites for hydroxylation is 1. The number of nitrogens with one attached hydrogen (secondary N) is 2. The van der Waals surface area contributed by atoms with Gasteiger partial charge in [-0.15, -0.1) is 0 Å². The maximum Gasteiger partial charge on any atom is 0.234 e. The molecule has 1 rings (SSSR count). The first-order chi connectivity index (χ1) is 8.00. The van der Waals surface area contributed by atoms with E-state index in [1.54, 1.807) is 6.20 Å². The number of carbonyl (C=O) groups is 1. The largest absolute Gasteiger partial charge is 0.352 e. The summed E-state index contributed by atoms with van der Waals surface area (Å²) in [7, 11) is 1.94. The van der Waals surface area contributed by atoms with Crippen molar-refractivity contribution in [2.75, 3.05) is 6.54 Å². The topological polar surface area (TPSA) is 59.0 Å². The van der Waals surface area contributed by atoms with Gasteiger partial charge >= 0.3 is 0 Å². The molecule has 1 unspecified atom stereocenters. The molecule has 0 saturated carbocycles. The third-order valence-electron chi connectivity index (χ3n) is 2.88. The van der Waals surface area contributed by atoms with Crippen molar-refractivity contribution in [2.45, 2.75) is 33.4 Å². The Hall–Kier alpha value is -1.36. The van der Waals surface area contributed by atoms with Gasteiger partial charge in [0.1, 0.15) is 5.82 Å². The summed E-state index contributed by atoms with van der Waals surface area (Å²) >= 11 is 0. The summed E-state index contributed by atoms with van der Waals surface area (Å²) in [6.07, 6.45) is 3.63. The molecular weight excluding hydrogens is 216 g/mol. The molecule has 0 aliphatic heterocycles. The van der Waals surface area contributed by atoms with Gasteiger partial charge in [-0.2, -0.15) is 0 Å². The Morgan fingerprint density at radius 3 is 2.71 bits per heavy atom. The summed E-state index contributed by atoms with van der Waals surface area (Å²) in [5.74, 6) is 1.41. The van der Waals surface area contributed by atoms with Gasteiger partial charge in [0.05, 0.1) is 13.1 Å². The van der Waals surface area contributed by atoms with Gasteiger partial charge in [0.25, 0.3) is 0 Å². The second-order valence-corrected chi connectivity index (χ2v) is 4.66. The molecule has 0 bridgehead atoms. The van der Waals surface area contributed by atoms with Gasteiger partial charge in [0.2, 0.25) is 5.91 Å². The zero-order valence-electron chi connectivity index (χ0n) is 11.0. The molecule has 1 atom stereocenters. The average molecular weight is 238 g/mol. The molecule has 1 aromatic rings. The lowest BCUT2D eigenvalue weighted by Crippen LogP contribution is -2.41. The number of rotatable bonds is 6. The van der Waals surface area contributed by atoms with Gasteiger partial charge in [-0.25, -0.2) is 4.98 Å². The van der Waals surface area contributed by atoms with Gasteiger partial charge < -0.3 is 15.2 Å². The van der Waals surface area contributed by atoms with E-state index in [2.05, 4.69) is 29.5 Å². The third-order valence-corrected chi connectivity index (χ3v) is 2.88. The number of imidazole rings is 1. The van der Waals surface area contributed by atoms with Crippen LogP contribution in [0, 0.1) is 5.92 Å². The molecule has 0 spiro atoms. The molecule has 17 heavy (non-hydrogen) atoms. The fourth-order valence-electron chi connectivity index (χ4n) is 1.33. The Balaban J connectivity index is 2.23. The van der Waals surface area contributed by atoms with E-state index in [9.17, 15) is 4.79 Å². The number of nitrogens with zero attached hydrogens (tertiary/aromatic N) is 2. The highest BCUT2D eigenvalue weighted by atomic mass is 16.1. The van der Waals surface area contributed by atoms with E-state index < -0.39 is 0 Å². The van der Waals surface area contributed by atoms with Crippen LogP contribution in [0.3, 0.4) is 0 Å². The predicted octanol–water partition coefficient (Wildman–Crippen LogP) is 0.670. The number of carbonyl (C=O) groups excluding carboxylic acids is 1. The molecule has 5 nitrogen and oxygen atoms in total. The van der Waals surface area contributed by atoms with Gasteiger partial charge in [0, 0.05) is 25.5 Å². The maximum absolute atomic E-state index is 11.6. The van der Waals surface area contributed by atoms with Gasteiger partial charge in [-0.3, -0.25) is 4.79 Å². The van der Waals surface area contributed by atoms with Gasteiger partial charge in [-0.1, -0.05) is 13.8 Å². The van der Waals surface area contributed by atoms with E-state index in [0.29, 0.717) is 19.0 Å². The summed E-state index contributed by atoms with van der Waals surface area (Å²) in [4.78, 5) is 15.7. The van der Waals surface area contributed by atoms with E-state index in [1.807, 2.05) is 24.7 Å². The minimum atomic E-state index is 0.0282. The maximum atomic E-state index is 11.6. The highest BCUT2D eigenvalue weighted by Crippen LogP contribution is 1.99. The minimum Gasteiger partial charge on any atom is -0.352 e. The van der Waals surface area contributed by atoms with Crippen LogP contribution < -0.4 is 10.6 Å². The number of aromatic nitrogens is 2. The molecule has 96 valence electrons. The second-order valence-electron chi connectivity index (χ2n) is 4.66. The normalized spacial score (nSPS) is 12.8. The molecule has 0 aromatic carbocycles. The standard InChI is InChI=1S/C12H22N4O/c1-9(2)10(3)15-12(17)8-13-7-11-14-5-6-16(11)4/h5-6,9-10,13H,7-8H2,1-4H3,(H,15,17). The van der Waals surface area contributed by atoms with Crippen LogP contribution in [0.2, 0.25) is 0 Å². The lowest BCUT2D eigenvalue weighted by Gasteiger charge is -2.17. The van der Waals surface area contributed by atoms with Crippen LogP contribution in [0.15, 0.2) is 12.4 Å². The highest BCUT2D eigenvalue weighted by molar-refractivity contribution is 5.78. The molecule has 0 saturated heterocycles. The van der Waals surface area contributed by atoms with Crippen molar-refractivity contribution in [1.29, 1.82) is 0 Å². The molecule has 0 aliphatic carbocycles. The van der Waals surface area contributed by atoms with Crippen LogP contribution in [0.25, 0.3) is 0 Å². The quantitative estimate of drug-likeness (QED) is 0.766. The fraction of sp³-hybridized carbons (Fsp3) is 0.667. The molecule has 2 N–H and O–H groups in total. The van der Waals surface area contributed by atoms with Crippen molar-refractivity contribution >= 4 is 5.91 Å². The first-order valence-electron chi connectivity index (χ1n) is 5.97. The summed E-state index contributed by atoms with van der Waals surface area (Å²) in [5, 5.41) is 6.02. The first-order valence-corrected chi connectivity index (χ1v) is 5.97. The van der Waals surface area contributed by atoms with E-state index in [4.69, 9.17) is 0 Å². The first kappa shape index (κ1) is 13.7. The van der Waals surface area contributed by atoms with Gasteiger partial charge in [-0.05, 0) is 12.8 Å². The van der Waals surface area contributed by atoms with Crippen molar-refractivity contribution in [3.05, 3.63) is 18.2 Å². The molecule has 0 aliphatic rings. The lowest BCUT2D eigenvalue weighted by molar-refractivity contribution is -0.121. The van der Waals surface area contributed by atoms with Crippen LogP contribution >= 0.6 is 0 Å². The van der Waals surface area contributed by atoms with Crippen LogP contribution in [-0.2, 0) is 18.4 Å². The lowest BCUT2D eigenvalue weighted by atomic mass is 10.1. The Bertz CT molecular complexity index is 359. The minimum absolute atomic E-state index is 0.0282. The van der Waals surface area contributed by atoms with Gasteiger partial charge in [0.15, 0.2) is 0 Å². The highest BCUT2D eigenvalue weighted by Gasteiger charge is 2.10. The van der Waals surface area contributed by atoms with Crippen molar-refractivity contribution in [3.63, 3.8) is 0 Å². The summed E-state index contributed by atoms with van der Waals surface area (Å²) in [6.45, 7) is 7.12. The molecule has 0 radical (unpaired) electrons. The van der Waals surface area contributed by atoms with Crippen LogP contribution in [0.1, 0.15) is 26.6 Å². The van der Waals surface area contributed by atoms with Crippen LogP contribution in [0.4, 0.5) is 0 Å². The van der Waals surface area contributed by atoms with Crippen LogP contribution in [-0.4, -0.2) is 28.0 Å². The zero-order chi connectivity index (χ0) is 12.8. The molecule has 1 amide bonds. The molecule has 1 heterocycles. The average Bonchev–Trinajstić information content (AvgIpc) is 2.64. The zero-order valence-corrected chi connectivity index (χ0v) is 11.0. The number of amides is 1. The van der Waals surface area contributed by atoms with E-state index in [0.717, 1.165) is 5.82 Å². The Morgan fingerprint density at radius 2 is 2.18 bits per heavy atom. The fourth-order valence-corrected chi connectivity index (χ4v) is 1.33. The Labute approximate surface area is 103 Å². The van der Waals surface area contributed by atoms with Crippen molar-refractivity contribution in [2.24, 2.45) is 13.0 Å². The van der Waals surface area contributed by atoms with Crippen molar-refractivity contribution in [3.8, 4) is 0 Å². The number of hydrogen-bond acceptors (Lipinski definition) is 3. The summed E-state index contributed by atoms with van der Waals surface area (Å²) < 4.78 is 1.93. The van der Waals surface area contributed by atoms with Crippen molar-refractivity contribution < 1.29 is 4.79 Å². The smallest absolute Gasteiger partial charge is 0.234 e. The number of hydrogen-bond donors (Lipinski definition) is 2. The third kappa shape index (κ3) is 4.56. The van der Waals surface area contributed by atoms with Crippen LogP contribution in [0.5, 0.6) is 0 Å². The molecular formula is C12H22N4O. The Kier molecular flexibility index (Phi) is 5.15. The SMILES string of the molecule is CC(C)C(C)NC(=O)CNCc1nccn1C. The summed E-state index contributed by atoms with van der Waals surface area (Å²) in [5.41, 5.74) is 0. The molecule has 0 fully saturated rings. The summed E-state index contributed by atoms with van der Waals surface area (Å²) in [6, 6.07) is 0.206. The van der Waals surface area contributed by atoms with E-state index >= 15 is 0 Å². The predicted molar refractivity (Wildman–Crippen MR) is 67.4 cm³/mol. The Morgan fingerprint density at radius 1 is 1.47 bits per heavy atom.